The zero-order chi connectivity index (χ0) is 13.9. The lowest BCUT2D eigenvalue weighted by atomic mass is 10.0. The number of ether oxygens (including phenoxy) is 1. The summed E-state index contributed by atoms with van der Waals surface area (Å²) >= 11 is 0. The fourth-order valence-corrected chi connectivity index (χ4v) is 2.81. The highest BCUT2D eigenvalue weighted by atomic mass is 16.5. The first-order chi connectivity index (χ1) is 9.75. The third-order valence-corrected chi connectivity index (χ3v) is 3.71. The van der Waals surface area contributed by atoms with Crippen LogP contribution in [0.4, 0.5) is 0 Å². The lowest BCUT2D eigenvalue weighted by Gasteiger charge is -2.31. The lowest BCUT2D eigenvalue weighted by molar-refractivity contribution is 0.135. The van der Waals surface area contributed by atoms with Crippen LogP contribution in [0.15, 0.2) is 47.1 Å². The summed E-state index contributed by atoms with van der Waals surface area (Å²) in [7, 11) is 0. The smallest absolute Gasteiger partial charge is 0.123 e. The van der Waals surface area contributed by atoms with Crippen LogP contribution >= 0.6 is 0 Å². The number of benzene rings is 1. The molecule has 2 atom stereocenters. The van der Waals surface area contributed by atoms with Crippen molar-refractivity contribution < 1.29 is 9.15 Å². The summed E-state index contributed by atoms with van der Waals surface area (Å²) in [5.41, 5.74) is 7.38. The molecule has 0 bridgehead atoms. The van der Waals surface area contributed by atoms with E-state index < -0.39 is 0 Å². The first-order valence-corrected chi connectivity index (χ1v) is 6.99. The Balaban J connectivity index is 1.89. The molecule has 0 amide bonds. The Kier molecular flexibility index (Phi) is 3.76. The van der Waals surface area contributed by atoms with Crippen LogP contribution in [0.1, 0.15) is 24.3 Å². The summed E-state index contributed by atoms with van der Waals surface area (Å²) in [5.74, 6) is 1.89. The molecule has 0 saturated heterocycles. The van der Waals surface area contributed by atoms with Gasteiger partial charge in [-0.15, -0.1) is 0 Å². The maximum Gasteiger partial charge on any atom is 0.123 e. The van der Waals surface area contributed by atoms with Gasteiger partial charge in [-0.1, -0.05) is 18.2 Å². The molecule has 4 nitrogen and oxygen atoms in total. The van der Waals surface area contributed by atoms with E-state index >= 15 is 0 Å². The molecular formula is C16H20N2O2. The molecule has 1 aliphatic heterocycles. The van der Waals surface area contributed by atoms with Crippen LogP contribution in [-0.4, -0.2) is 24.1 Å². The zero-order valence-electron chi connectivity index (χ0n) is 11.7. The van der Waals surface area contributed by atoms with Crippen molar-refractivity contribution in [2.24, 2.45) is 5.73 Å². The molecule has 0 aliphatic carbocycles. The van der Waals surface area contributed by atoms with Crippen LogP contribution < -0.4 is 10.5 Å². The van der Waals surface area contributed by atoms with Crippen molar-refractivity contribution >= 4 is 0 Å². The zero-order valence-corrected chi connectivity index (χ0v) is 11.7. The summed E-state index contributed by atoms with van der Waals surface area (Å²) in [6.45, 7) is 4.34. The average Bonchev–Trinajstić information content (AvgIpc) is 2.85. The van der Waals surface area contributed by atoms with E-state index in [9.17, 15) is 0 Å². The molecule has 2 N–H and O–H groups in total. The Morgan fingerprint density at radius 3 is 2.80 bits per heavy atom. The van der Waals surface area contributed by atoms with Gasteiger partial charge in [-0.25, -0.2) is 0 Å². The number of nitrogens with zero attached hydrogens (tertiary/aromatic N) is 1. The third-order valence-electron chi connectivity index (χ3n) is 3.71. The summed E-state index contributed by atoms with van der Waals surface area (Å²) in [6, 6.07) is 12.1. The molecule has 4 heteroatoms. The molecule has 2 aromatic rings. The lowest BCUT2D eigenvalue weighted by Crippen LogP contribution is -2.40. The minimum absolute atomic E-state index is 0.00795. The van der Waals surface area contributed by atoms with Crippen molar-refractivity contribution in [1.29, 1.82) is 0 Å². The van der Waals surface area contributed by atoms with Crippen LogP contribution in [-0.2, 0) is 6.54 Å². The first-order valence-electron chi connectivity index (χ1n) is 6.99. The average molecular weight is 272 g/mol. The Bertz CT molecular complexity index is 551. The van der Waals surface area contributed by atoms with Gasteiger partial charge < -0.3 is 14.9 Å². The Hall–Kier alpha value is -1.78. The van der Waals surface area contributed by atoms with Crippen molar-refractivity contribution in [3.63, 3.8) is 0 Å². The van der Waals surface area contributed by atoms with Crippen molar-refractivity contribution in [3.05, 3.63) is 54.0 Å². The largest absolute Gasteiger partial charge is 0.492 e. The molecule has 3 rings (SSSR count). The standard InChI is InChI=1S/C16H20N2O2/c1-12(17)16(15-7-4-9-19-15)18-8-10-20-14-6-3-2-5-13(14)11-18/h2-7,9,12,16H,8,10-11,17H2,1H3. The van der Waals surface area contributed by atoms with Gasteiger partial charge in [-0.2, -0.15) is 0 Å². The topological polar surface area (TPSA) is 51.6 Å². The highest BCUT2D eigenvalue weighted by molar-refractivity contribution is 5.34. The SMILES string of the molecule is CC(N)C(c1ccco1)N1CCOc2ccccc2C1. The van der Waals surface area contributed by atoms with Crippen LogP contribution in [0.25, 0.3) is 0 Å². The monoisotopic (exact) mass is 272 g/mol. The molecular weight excluding hydrogens is 252 g/mol. The minimum Gasteiger partial charge on any atom is -0.492 e. The molecule has 1 aromatic heterocycles. The first kappa shape index (κ1) is 13.2. The molecule has 1 aliphatic rings. The van der Waals surface area contributed by atoms with E-state index in [4.69, 9.17) is 14.9 Å². The number of furan rings is 1. The van der Waals surface area contributed by atoms with E-state index in [0.717, 1.165) is 24.6 Å². The molecule has 0 radical (unpaired) electrons. The molecule has 2 heterocycles. The van der Waals surface area contributed by atoms with E-state index in [2.05, 4.69) is 11.0 Å². The molecule has 1 aromatic carbocycles. The van der Waals surface area contributed by atoms with E-state index in [0.29, 0.717) is 6.61 Å². The second kappa shape index (κ2) is 5.69. The van der Waals surface area contributed by atoms with E-state index in [-0.39, 0.29) is 12.1 Å². The normalized spacial score (nSPS) is 18.7. The van der Waals surface area contributed by atoms with Gasteiger partial charge in [0.05, 0.1) is 12.3 Å². The van der Waals surface area contributed by atoms with Gasteiger partial charge >= 0.3 is 0 Å². The van der Waals surface area contributed by atoms with Crippen molar-refractivity contribution in [1.82, 2.24) is 4.90 Å². The van der Waals surface area contributed by atoms with Crippen LogP contribution in [0, 0.1) is 0 Å². The van der Waals surface area contributed by atoms with E-state index in [1.807, 2.05) is 37.3 Å². The molecule has 0 fully saturated rings. The highest BCUT2D eigenvalue weighted by Crippen LogP contribution is 2.30. The maximum absolute atomic E-state index is 6.19. The molecule has 20 heavy (non-hydrogen) atoms. The minimum atomic E-state index is -0.00795. The van der Waals surface area contributed by atoms with Gasteiger partial charge in [0.25, 0.3) is 0 Å². The van der Waals surface area contributed by atoms with Crippen molar-refractivity contribution in [3.8, 4) is 5.75 Å². The number of rotatable bonds is 3. The predicted molar refractivity (Wildman–Crippen MR) is 77.4 cm³/mol. The van der Waals surface area contributed by atoms with Gasteiger partial charge in [0.1, 0.15) is 18.1 Å². The second-order valence-corrected chi connectivity index (χ2v) is 5.25. The predicted octanol–water partition coefficient (Wildman–Crippen LogP) is 2.56. The quantitative estimate of drug-likeness (QED) is 0.933. The van der Waals surface area contributed by atoms with E-state index in [1.54, 1.807) is 6.26 Å². The number of hydrogen-bond acceptors (Lipinski definition) is 4. The van der Waals surface area contributed by atoms with Gasteiger partial charge in [0, 0.05) is 24.7 Å². The fourth-order valence-electron chi connectivity index (χ4n) is 2.81. The van der Waals surface area contributed by atoms with Gasteiger partial charge in [-0.3, -0.25) is 4.90 Å². The number of hydrogen-bond donors (Lipinski definition) is 1. The van der Waals surface area contributed by atoms with Gasteiger partial charge in [0.2, 0.25) is 0 Å². The number of para-hydroxylation sites is 1. The van der Waals surface area contributed by atoms with Crippen LogP contribution in [0.5, 0.6) is 5.75 Å². The van der Waals surface area contributed by atoms with Gasteiger partial charge in [0.15, 0.2) is 0 Å². The number of fused-ring (bicyclic) bond motifs is 1. The summed E-state index contributed by atoms with van der Waals surface area (Å²) in [5, 5.41) is 0. The van der Waals surface area contributed by atoms with Crippen molar-refractivity contribution in [2.75, 3.05) is 13.2 Å². The highest BCUT2D eigenvalue weighted by Gasteiger charge is 2.28. The van der Waals surface area contributed by atoms with Crippen LogP contribution in [0.3, 0.4) is 0 Å². The second-order valence-electron chi connectivity index (χ2n) is 5.25. The molecule has 2 unspecified atom stereocenters. The van der Waals surface area contributed by atoms with Gasteiger partial charge in [-0.05, 0) is 25.1 Å². The third kappa shape index (κ3) is 2.57. The summed E-state index contributed by atoms with van der Waals surface area (Å²) in [6.07, 6.45) is 1.70. The molecule has 106 valence electrons. The molecule has 0 spiro atoms. The van der Waals surface area contributed by atoms with Crippen LogP contribution in [0.2, 0.25) is 0 Å². The number of nitrogens with two attached hydrogens (primary N) is 1. The maximum atomic E-state index is 6.19. The summed E-state index contributed by atoms with van der Waals surface area (Å²) < 4.78 is 11.4. The Morgan fingerprint density at radius 2 is 2.05 bits per heavy atom. The summed E-state index contributed by atoms with van der Waals surface area (Å²) in [4.78, 5) is 2.33. The molecule has 0 saturated carbocycles. The fraction of sp³-hybridized carbons (Fsp3) is 0.375. The van der Waals surface area contributed by atoms with Crippen molar-refractivity contribution in [2.45, 2.75) is 25.6 Å². The van der Waals surface area contributed by atoms with E-state index in [1.165, 1.54) is 5.56 Å². The Labute approximate surface area is 119 Å². The Morgan fingerprint density at radius 1 is 1.20 bits per heavy atom.